The zero-order valence-corrected chi connectivity index (χ0v) is 15.6. The first-order valence-corrected chi connectivity index (χ1v) is 9.88. The van der Waals surface area contributed by atoms with Crippen molar-refractivity contribution < 1.29 is 18.3 Å². The van der Waals surface area contributed by atoms with Gasteiger partial charge in [0.15, 0.2) is 0 Å². The lowest BCUT2D eigenvalue weighted by molar-refractivity contribution is 0.0698. The molecule has 1 N–H and O–H groups in total. The summed E-state index contributed by atoms with van der Waals surface area (Å²) in [7, 11) is -2.50. The summed E-state index contributed by atoms with van der Waals surface area (Å²) in [5.74, 6) is -1.25. The fraction of sp³-hybridized carbons (Fsp3) is 0.188. The summed E-state index contributed by atoms with van der Waals surface area (Å²) in [4.78, 5) is 14.8. The SMILES string of the molecule is CC(c1ccc(-n2cncn2)cc1)N(C)S(=O)(=O)c1ccsc1C(=O)O. The molecule has 2 aromatic heterocycles. The maximum Gasteiger partial charge on any atom is 0.347 e. The number of carboxylic acid groups (broad SMARTS) is 1. The van der Waals surface area contributed by atoms with Crippen LogP contribution in [0.25, 0.3) is 5.69 Å². The van der Waals surface area contributed by atoms with Gasteiger partial charge in [0.2, 0.25) is 10.0 Å². The highest BCUT2D eigenvalue weighted by Crippen LogP contribution is 2.30. The number of thiophene rings is 1. The molecule has 3 rings (SSSR count). The summed E-state index contributed by atoms with van der Waals surface area (Å²) in [6.07, 6.45) is 3.00. The standard InChI is InChI=1S/C16H16N4O4S2/c1-11(12-3-5-13(6-4-12)20-10-17-9-18-20)19(2)26(23,24)14-7-8-25-15(14)16(21)22/h3-11H,1-2H3,(H,21,22). The number of sulfonamides is 1. The molecule has 0 amide bonds. The molecule has 136 valence electrons. The van der Waals surface area contributed by atoms with Crippen molar-refractivity contribution in [3.05, 3.63) is 58.8 Å². The Labute approximate surface area is 154 Å². The van der Waals surface area contributed by atoms with Crippen molar-refractivity contribution in [2.45, 2.75) is 17.9 Å². The van der Waals surface area contributed by atoms with E-state index in [0.29, 0.717) is 0 Å². The van der Waals surface area contributed by atoms with Gasteiger partial charge in [0.05, 0.1) is 5.69 Å². The number of carbonyl (C=O) groups is 1. The van der Waals surface area contributed by atoms with E-state index in [9.17, 15) is 18.3 Å². The lowest BCUT2D eigenvalue weighted by Gasteiger charge is -2.24. The maximum atomic E-state index is 12.8. The van der Waals surface area contributed by atoms with Gasteiger partial charge in [0.1, 0.15) is 22.4 Å². The molecule has 0 spiro atoms. The van der Waals surface area contributed by atoms with Gasteiger partial charge in [-0.1, -0.05) is 12.1 Å². The largest absolute Gasteiger partial charge is 0.477 e. The van der Waals surface area contributed by atoms with E-state index < -0.39 is 22.0 Å². The number of rotatable bonds is 6. The van der Waals surface area contributed by atoms with Gasteiger partial charge in [-0.2, -0.15) is 9.40 Å². The first-order valence-electron chi connectivity index (χ1n) is 7.56. The third-order valence-corrected chi connectivity index (χ3v) is 7.09. The number of aromatic nitrogens is 3. The molecular formula is C16H16N4O4S2. The van der Waals surface area contributed by atoms with E-state index in [1.54, 1.807) is 30.1 Å². The van der Waals surface area contributed by atoms with E-state index >= 15 is 0 Å². The Morgan fingerprint density at radius 1 is 1.27 bits per heavy atom. The van der Waals surface area contributed by atoms with Gasteiger partial charge in [0.25, 0.3) is 0 Å². The molecular weight excluding hydrogens is 376 g/mol. The van der Waals surface area contributed by atoms with Crippen molar-refractivity contribution in [1.82, 2.24) is 19.1 Å². The topological polar surface area (TPSA) is 105 Å². The minimum Gasteiger partial charge on any atom is -0.477 e. The molecule has 0 aliphatic heterocycles. The average Bonchev–Trinajstić information content (AvgIpc) is 3.32. The molecule has 1 aromatic carbocycles. The summed E-state index contributed by atoms with van der Waals surface area (Å²) >= 11 is 0.889. The van der Waals surface area contributed by atoms with Crippen LogP contribution in [0.15, 0.2) is 53.3 Å². The third-order valence-electron chi connectivity index (χ3n) is 4.08. The van der Waals surface area contributed by atoms with Gasteiger partial charge in [-0.3, -0.25) is 0 Å². The normalized spacial score (nSPS) is 13.0. The molecule has 1 atom stereocenters. The molecule has 0 bridgehead atoms. The predicted octanol–water partition coefficient (Wildman–Crippen LogP) is 2.41. The minimum absolute atomic E-state index is 0.189. The first-order chi connectivity index (χ1) is 12.3. The van der Waals surface area contributed by atoms with Gasteiger partial charge in [0, 0.05) is 13.1 Å². The minimum atomic E-state index is -3.94. The second-order valence-electron chi connectivity index (χ2n) is 5.55. The summed E-state index contributed by atoms with van der Waals surface area (Å²) < 4.78 is 28.4. The number of carboxylic acids is 1. The van der Waals surface area contributed by atoms with Crippen LogP contribution in [0.4, 0.5) is 0 Å². The Hall–Kier alpha value is -2.56. The van der Waals surface area contributed by atoms with Crippen LogP contribution in [0, 0.1) is 0 Å². The predicted molar refractivity (Wildman–Crippen MR) is 96.0 cm³/mol. The van der Waals surface area contributed by atoms with Gasteiger partial charge >= 0.3 is 5.97 Å². The highest BCUT2D eigenvalue weighted by atomic mass is 32.2. The number of hydrogen-bond donors (Lipinski definition) is 1. The van der Waals surface area contributed by atoms with Gasteiger partial charge in [-0.05, 0) is 36.1 Å². The summed E-state index contributed by atoms with van der Waals surface area (Å²) in [6, 6.07) is 8.08. The Bertz CT molecular complexity index is 1010. The zero-order chi connectivity index (χ0) is 18.9. The Morgan fingerprint density at radius 2 is 1.96 bits per heavy atom. The Morgan fingerprint density at radius 3 is 2.54 bits per heavy atom. The molecule has 0 aliphatic carbocycles. The fourth-order valence-electron chi connectivity index (χ4n) is 2.48. The molecule has 10 heteroatoms. The van der Waals surface area contributed by atoms with Crippen LogP contribution in [0.1, 0.15) is 28.2 Å². The monoisotopic (exact) mass is 392 g/mol. The highest BCUT2D eigenvalue weighted by molar-refractivity contribution is 7.89. The van der Waals surface area contributed by atoms with Crippen LogP contribution in [-0.2, 0) is 10.0 Å². The van der Waals surface area contributed by atoms with Gasteiger partial charge in [-0.15, -0.1) is 11.3 Å². The molecule has 0 saturated heterocycles. The number of hydrogen-bond acceptors (Lipinski definition) is 6. The van der Waals surface area contributed by atoms with E-state index in [1.165, 1.54) is 29.1 Å². The van der Waals surface area contributed by atoms with Crippen LogP contribution in [0.2, 0.25) is 0 Å². The highest BCUT2D eigenvalue weighted by Gasteiger charge is 2.31. The average molecular weight is 392 g/mol. The van der Waals surface area contributed by atoms with E-state index in [1.807, 2.05) is 12.1 Å². The van der Waals surface area contributed by atoms with Crippen LogP contribution >= 0.6 is 11.3 Å². The van der Waals surface area contributed by atoms with E-state index in [4.69, 9.17) is 0 Å². The van der Waals surface area contributed by atoms with Gasteiger partial charge < -0.3 is 5.11 Å². The molecule has 0 aliphatic rings. The van der Waals surface area contributed by atoms with E-state index in [0.717, 1.165) is 22.6 Å². The maximum absolute atomic E-state index is 12.8. The van der Waals surface area contributed by atoms with E-state index in [2.05, 4.69) is 10.1 Å². The first kappa shape index (κ1) is 18.2. The number of benzene rings is 1. The molecule has 26 heavy (non-hydrogen) atoms. The molecule has 0 saturated carbocycles. The third kappa shape index (κ3) is 3.26. The van der Waals surface area contributed by atoms with Gasteiger partial charge in [-0.25, -0.2) is 22.9 Å². The zero-order valence-electron chi connectivity index (χ0n) is 14.0. The second kappa shape index (κ2) is 6.98. The molecule has 0 fully saturated rings. The molecule has 3 aromatic rings. The van der Waals surface area contributed by atoms with Crippen LogP contribution in [0.5, 0.6) is 0 Å². The lowest BCUT2D eigenvalue weighted by atomic mass is 10.1. The summed E-state index contributed by atoms with van der Waals surface area (Å²) in [6.45, 7) is 1.74. The van der Waals surface area contributed by atoms with Crippen LogP contribution in [0.3, 0.4) is 0 Å². The van der Waals surface area contributed by atoms with Crippen molar-refractivity contribution in [1.29, 1.82) is 0 Å². The molecule has 1 unspecified atom stereocenters. The molecule has 8 nitrogen and oxygen atoms in total. The van der Waals surface area contributed by atoms with Crippen LogP contribution in [-0.4, -0.2) is 45.6 Å². The molecule has 2 heterocycles. The Kier molecular flexibility index (Phi) is 4.90. The summed E-state index contributed by atoms with van der Waals surface area (Å²) in [5.41, 5.74) is 1.57. The molecule has 0 radical (unpaired) electrons. The van der Waals surface area contributed by atoms with Crippen molar-refractivity contribution in [3.8, 4) is 5.69 Å². The summed E-state index contributed by atoms with van der Waals surface area (Å²) in [5, 5.41) is 14.7. The van der Waals surface area contributed by atoms with Crippen molar-refractivity contribution in [2.24, 2.45) is 0 Å². The Balaban J connectivity index is 1.88. The lowest BCUT2D eigenvalue weighted by Crippen LogP contribution is -2.30. The van der Waals surface area contributed by atoms with Crippen LogP contribution < -0.4 is 0 Å². The number of aromatic carboxylic acids is 1. The van der Waals surface area contributed by atoms with Crippen molar-refractivity contribution in [3.63, 3.8) is 0 Å². The number of nitrogens with zero attached hydrogens (tertiary/aromatic N) is 4. The van der Waals surface area contributed by atoms with Crippen molar-refractivity contribution in [2.75, 3.05) is 7.05 Å². The van der Waals surface area contributed by atoms with E-state index in [-0.39, 0.29) is 9.77 Å². The smallest absolute Gasteiger partial charge is 0.347 e. The van der Waals surface area contributed by atoms with Crippen molar-refractivity contribution >= 4 is 27.3 Å². The quantitative estimate of drug-likeness (QED) is 0.691. The second-order valence-corrected chi connectivity index (χ2v) is 8.43. The fourth-order valence-corrected chi connectivity index (χ4v) is 5.06.